The van der Waals surface area contributed by atoms with Gasteiger partial charge in [-0.2, -0.15) is 0 Å². The summed E-state index contributed by atoms with van der Waals surface area (Å²) in [6.45, 7) is 4.06. The molecule has 0 saturated heterocycles. The predicted molar refractivity (Wildman–Crippen MR) is 69.4 cm³/mol. The molecule has 17 heavy (non-hydrogen) atoms. The molecular formula is C11H24N2O3S. The largest absolute Gasteiger partial charge is 0.352 e. The van der Waals surface area contributed by atoms with Gasteiger partial charge in [-0.1, -0.05) is 20.3 Å². The van der Waals surface area contributed by atoms with Gasteiger partial charge in [0.1, 0.15) is 9.84 Å². The van der Waals surface area contributed by atoms with E-state index in [1.807, 2.05) is 6.92 Å². The van der Waals surface area contributed by atoms with Crippen molar-refractivity contribution in [1.29, 1.82) is 0 Å². The van der Waals surface area contributed by atoms with Gasteiger partial charge in [0, 0.05) is 12.3 Å². The summed E-state index contributed by atoms with van der Waals surface area (Å²) in [4.78, 5) is 11.7. The summed E-state index contributed by atoms with van der Waals surface area (Å²) >= 11 is 0. The Morgan fingerprint density at radius 1 is 1.29 bits per heavy atom. The van der Waals surface area contributed by atoms with Crippen molar-refractivity contribution in [3.63, 3.8) is 0 Å². The Morgan fingerprint density at radius 2 is 1.88 bits per heavy atom. The van der Waals surface area contributed by atoms with Crippen LogP contribution in [0.2, 0.25) is 0 Å². The topological polar surface area (TPSA) is 89.3 Å². The van der Waals surface area contributed by atoms with Gasteiger partial charge >= 0.3 is 0 Å². The van der Waals surface area contributed by atoms with Crippen LogP contribution in [0.1, 0.15) is 39.5 Å². The molecule has 0 fully saturated rings. The van der Waals surface area contributed by atoms with Crippen molar-refractivity contribution in [2.24, 2.45) is 5.73 Å². The van der Waals surface area contributed by atoms with Gasteiger partial charge in [-0.3, -0.25) is 4.79 Å². The molecule has 0 rings (SSSR count). The highest BCUT2D eigenvalue weighted by Crippen LogP contribution is 2.02. The summed E-state index contributed by atoms with van der Waals surface area (Å²) in [5, 5.41) is 2.84. The van der Waals surface area contributed by atoms with Crippen LogP contribution in [-0.2, 0) is 14.6 Å². The fourth-order valence-corrected chi connectivity index (χ4v) is 2.19. The molecule has 0 aliphatic heterocycles. The first-order valence-corrected chi connectivity index (χ1v) is 8.09. The molecule has 1 amide bonds. The van der Waals surface area contributed by atoms with E-state index < -0.39 is 15.9 Å². The Bertz CT molecular complexity index is 328. The molecule has 2 unspecified atom stereocenters. The van der Waals surface area contributed by atoms with Crippen LogP contribution in [0.4, 0.5) is 0 Å². The highest BCUT2D eigenvalue weighted by molar-refractivity contribution is 7.90. The molecule has 0 spiro atoms. The third-order valence-electron chi connectivity index (χ3n) is 2.61. The Hall–Kier alpha value is -0.620. The summed E-state index contributed by atoms with van der Waals surface area (Å²) in [6.07, 6.45) is 4.09. The monoisotopic (exact) mass is 264 g/mol. The highest BCUT2D eigenvalue weighted by atomic mass is 32.2. The second-order valence-corrected chi connectivity index (χ2v) is 6.69. The lowest BCUT2D eigenvalue weighted by molar-refractivity contribution is -0.123. The zero-order valence-electron chi connectivity index (χ0n) is 10.9. The second-order valence-electron chi connectivity index (χ2n) is 4.43. The standard InChI is InChI=1S/C11H24N2O3S/c1-4-6-9(5-2)13-11(14)10(12)7-8-17(3,15)16/h9-10H,4-8,12H2,1-3H3,(H,13,14). The summed E-state index contributed by atoms with van der Waals surface area (Å²) in [5.74, 6) is -0.305. The zero-order chi connectivity index (χ0) is 13.5. The Labute approximate surface area is 104 Å². The Morgan fingerprint density at radius 3 is 2.29 bits per heavy atom. The first-order valence-electron chi connectivity index (χ1n) is 6.03. The van der Waals surface area contributed by atoms with Crippen molar-refractivity contribution in [1.82, 2.24) is 5.32 Å². The van der Waals surface area contributed by atoms with E-state index in [2.05, 4.69) is 12.2 Å². The molecule has 0 heterocycles. The van der Waals surface area contributed by atoms with Crippen molar-refractivity contribution in [2.75, 3.05) is 12.0 Å². The summed E-state index contributed by atoms with van der Waals surface area (Å²) in [5.41, 5.74) is 5.65. The van der Waals surface area contributed by atoms with E-state index in [-0.39, 0.29) is 24.1 Å². The van der Waals surface area contributed by atoms with Crippen molar-refractivity contribution in [3.05, 3.63) is 0 Å². The summed E-state index contributed by atoms with van der Waals surface area (Å²) in [7, 11) is -3.06. The predicted octanol–water partition coefficient (Wildman–Crippen LogP) is 0.443. The van der Waals surface area contributed by atoms with Crippen LogP contribution in [-0.4, -0.2) is 38.4 Å². The molecule has 2 atom stereocenters. The molecule has 0 aliphatic rings. The zero-order valence-corrected chi connectivity index (χ0v) is 11.7. The fraction of sp³-hybridized carbons (Fsp3) is 0.909. The average molecular weight is 264 g/mol. The van der Waals surface area contributed by atoms with Gasteiger partial charge in [0.2, 0.25) is 5.91 Å². The van der Waals surface area contributed by atoms with Crippen molar-refractivity contribution in [2.45, 2.75) is 51.6 Å². The van der Waals surface area contributed by atoms with Gasteiger partial charge in [0.25, 0.3) is 0 Å². The molecule has 6 heteroatoms. The highest BCUT2D eigenvalue weighted by Gasteiger charge is 2.18. The number of hydrogen-bond acceptors (Lipinski definition) is 4. The van der Waals surface area contributed by atoms with Crippen LogP contribution in [0.3, 0.4) is 0 Å². The minimum Gasteiger partial charge on any atom is -0.352 e. The van der Waals surface area contributed by atoms with E-state index >= 15 is 0 Å². The molecular weight excluding hydrogens is 240 g/mol. The summed E-state index contributed by atoms with van der Waals surface area (Å²) < 4.78 is 21.9. The van der Waals surface area contributed by atoms with Gasteiger partial charge in [0.05, 0.1) is 11.8 Å². The van der Waals surface area contributed by atoms with Crippen LogP contribution in [0, 0.1) is 0 Å². The number of sulfone groups is 1. The minimum absolute atomic E-state index is 0.0494. The lowest BCUT2D eigenvalue weighted by Crippen LogP contribution is -2.45. The lowest BCUT2D eigenvalue weighted by Gasteiger charge is -2.19. The number of amides is 1. The van der Waals surface area contributed by atoms with Crippen molar-refractivity contribution in [3.8, 4) is 0 Å². The molecule has 0 aromatic rings. The van der Waals surface area contributed by atoms with Gasteiger partial charge in [-0.25, -0.2) is 8.42 Å². The van der Waals surface area contributed by atoms with Crippen LogP contribution >= 0.6 is 0 Å². The number of nitrogens with two attached hydrogens (primary N) is 1. The molecule has 0 aliphatic carbocycles. The smallest absolute Gasteiger partial charge is 0.237 e. The van der Waals surface area contributed by atoms with E-state index in [1.54, 1.807) is 0 Å². The molecule has 0 radical (unpaired) electrons. The molecule has 5 nitrogen and oxygen atoms in total. The van der Waals surface area contributed by atoms with Gasteiger partial charge in [0.15, 0.2) is 0 Å². The molecule has 0 bridgehead atoms. The number of rotatable bonds is 8. The first-order chi connectivity index (χ1) is 7.80. The Balaban J connectivity index is 4.12. The fourth-order valence-electron chi connectivity index (χ4n) is 1.51. The Kier molecular flexibility index (Phi) is 7.38. The number of nitrogens with one attached hydrogen (secondary N) is 1. The number of carbonyl (C=O) groups excluding carboxylic acids is 1. The number of hydrogen-bond donors (Lipinski definition) is 2. The molecule has 102 valence electrons. The van der Waals surface area contributed by atoms with Gasteiger partial charge < -0.3 is 11.1 Å². The van der Waals surface area contributed by atoms with Crippen molar-refractivity contribution >= 4 is 15.7 Å². The summed E-state index contributed by atoms with van der Waals surface area (Å²) in [6, 6.07) is -0.604. The lowest BCUT2D eigenvalue weighted by atomic mass is 10.1. The number of carbonyl (C=O) groups is 1. The van der Waals surface area contributed by atoms with Crippen LogP contribution in [0.15, 0.2) is 0 Å². The maximum Gasteiger partial charge on any atom is 0.237 e. The van der Waals surface area contributed by atoms with E-state index in [1.165, 1.54) is 0 Å². The molecule has 0 aromatic heterocycles. The van der Waals surface area contributed by atoms with Crippen LogP contribution in [0.5, 0.6) is 0 Å². The van der Waals surface area contributed by atoms with E-state index in [9.17, 15) is 13.2 Å². The van der Waals surface area contributed by atoms with E-state index in [4.69, 9.17) is 5.73 Å². The average Bonchev–Trinajstić information content (AvgIpc) is 2.23. The quantitative estimate of drug-likeness (QED) is 0.666. The minimum atomic E-state index is -3.06. The van der Waals surface area contributed by atoms with Crippen LogP contribution < -0.4 is 11.1 Å². The van der Waals surface area contributed by atoms with E-state index in [0.29, 0.717) is 0 Å². The molecule has 0 saturated carbocycles. The second kappa shape index (κ2) is 7.66. The van der Waals surface area contributed by atoms with Gasteiger partial charge in [-0.15, -0.1) is 0 Å². The SMILES string of the molecule is CCCC(CC)NC(=O)C(N)CCS(C)(=O)=O. The first kappa shape index (κ1) is 16.4. The van der Waals surface area contributed by atoms with Crippen molar-refractivity contribution < 1.29 is 13.2 Å². The molecule has 3 N–H and O–H groups in total. The molecule has 0 aromatic carbocycles. The third-order valence-corrected chi connectivity index (χ3v) is 3.59. The normalized spacial score (nSPS) is 15.3. The van der Waals surface area contributed by atoms with Crippen LogP contribution in [0.25, 0.3) is 0 Å². The van der Waals surface area contributed by atoms with E-state index in [0.717, 1.165) is 25.5 Å². The third kappa shape index (κ3) is 8.15. The van der Waals surface area contributed by atoms with Gasteiger partial charge in [-0.05, 0) is 19.3 Å². The maximum absolute atomic E-state index is 11.7. The maximum atomic E-state index is 11.7.